The fraction of sp³-hybridized carbons (Fsp3) is 0.812. The summed E-state index contributed by atoms with van der Waals surface area (Å²) in [7, 11) is 0. The highest BCUT2D eigenvalue weighted by molar-refractivity contribution is 5.77. The summed E-state index contributed by atoms with van der Waals surface area (Å²) < 4.78 is 5.11. The van der Waals surface area contributed by atoms with Crippen LogP contribution in [-0.2, 0) is 10.3 Å². The van der Waals surface area contributed by atoms with E-state index in [0.717, 1.165) is 38.0 Å². The molecule has 0 saturated heterocycles. The van der Waals surface area contributed by atoms with Crippen LogP contribution in [0.25, 0.3) is 0 Å². The van der Waals surface area contributed by atoms with Crippen molar-refractivity contribution in [3.8, 4) is 0 Å². The molecule has 5 heteroatoms. The van der Waals surface area contributed by atoms with Gasteiger partial charge in [-0.3, -0.25) is 4.79 Å². The number of aryl methyl sites for hydroxylation is 1. The van der Waals surface area contributed by atoms with Crippen LogP contribution < -0.4 is 5.32 Å². The number of carbonyl (C=O) groups excluding carboxylic acids is 1. The van der Waals surface area contributed by atoms with Gasteiger partial charge in [-0.2, -0.15) is 4.98 Å². The topological polar surface area (TPSA) is 68.0 Å². The number of amides is 1. The molecular formula is C16H25N3O2. The van der Waals surface area contributed by atoms with Gasteiger partial charge in [0.15, 0.2) is 5.82 Å². The quantitative estimate of drug-likeness (QED) is 0.904. The molecule has 1 heterocycles. The van der Waals surface area contributed by atoms with Gasteiger partial charge < -0.3 is 9.84 Å². The van der Waals surface area contributed by atoms with Crippen LogP contribution in [0.3, 0.4) is 0 Å². The van der Waals surface area contributed by atoms with Gasteiger partial charge >= 0.3 is 0 Å². The predicted molar refractivity (Wildman–Crippen MR) is 78.5 cm³/mol. The highest BCUT2D eigenvalue weighted by Gasteiger charge is 2.41. The molecule has 0 radical (unpaired) electrons. The van der Waals surface area contributed by atoms with Crippen molar-refractivity contribution in [3.63, 3.8) is 0 Å². The van der Waals surface area contributed by atoms with E-state index in [4.69, 9.17) is 4.52 Å². The average Bonchev–Trinajstić information content (AvgIpc) is 3.17. The fourth-order valence-electron chi connectivity index (χ4n) is 3.84. The standard InChI is InChI=1S/C16H25N3O2/c1-12-17-15(19-21-12)16(10-4-5-11-16)18-14(20)9-8-13-6-2-3-7-13/h13H,2-11H2,1H3,(H,18,20). The Balaban J connectivity index is 1.60. The van der Waals surface area contributed by atoms with E-state index in [-0.39, 0.29) is 11.4 Å². The molecule has 21 heavy (non-hydrogen) atoms. The molecule has 0 aromatic carbocycles. The zero-order chi connectivity index (χ0) is 14.7. The van der Waals surface area contributed by atoms with E-state index in [2.05, 4.69) is 15.5 Å². The van der Waals surface area contributed by atoms with E-state index in [1.165, 1.54) is 25.7 Å². The van der Waals surface area contributed by atoms with Crippen LogP contribution in [0.15, 0.2) is 4.52 Å². The smallest absolute Gasteiger partial charge is 0.223 e. The first kappa shape index (κ1) is 14.5. The first-order valence-corrected chi connectivity index (χ1v) is 8.30. The third kappa shape index (κ3) is 3.27. The van der Waals surface area contributed by atoms with Crippen molar-refractivity contribution in [1.29, 1.82) is 0 Å². The van der Waals surface area contributed by atoms with E-state index in [1.54, 1.807) is 6.92 Å². The third-order valence-electron chi connectivity index (χ3n) is 5.05. The van der Waals surface area contributed by atoms with Crippen LogP contribution in [0.4, 0.5) is 0 Å². The van der Waals surface area contributed by atoms with E-state index < -0.39 is 0 Å². The minimum absolute atomic E-state index is 0.145. The number of hydrogen-bond acceptors (Lipinski definition) is 4. The van der Waals surface area contributed by atoms with Gasteiger partial charge in [0.05, 0.1) is 0 Å². The highest BCUT2D eigenvalue weighted by Crippen LogP contribution is 2.37. The molecule has 0 atom stereocenters. The zero-order valence-electron chi connectivity index (χ0n) is 12.9. The normalized spacial score (nSPS) is 21.8. The van der Waals surface area contributed by atoms with Crippen molar-refractivity contribution < 1.29 is 9.32 Å². The summed E-state index contributed by atoms with van der Waals surface area (Å²) in [6.07, 6.45) is 11.0. The summed E-state index contributed by atoms with van der Waals surface area (Å²) in [5, 5.41) is 7.28. The lowest BCUT2D eigenvalue weighted by Crippen LogP contribution is -2.44. The average molecular weight is 291 g/mol. The molecule has 2 saturated carbocycles. The Labute approximate surface area is 125 Å². The third-order valence-corrected chi connectivity index (χ3v) is 5.05. The number of aromatic nitrogens is 2. The van der Waals surface area contributed by atoms with Crippen LogP contribution in [0.1, 0.15) is 75.9 Å². The largest absolute Gasteiger partial charge is 0.343 e. The molecule has 116 valence electrons. The molecular weight excluding hydrogens is 266 g/mol. The number of rotatable bonds is 5. The summed E-state index contributed by atoms with van der Waals surface area (Å²) in [6, 6.07) is 0. The number of nitrogens with one attached hydrogen (secondary N) is 1. The van der Waals surface area contributed by atoms with Crippen LogP contribution in [-0.4, -0.2) is 16.0 Å². The summed E-state index contributed by atoms with van der Waals surface area (Å²) in [4.78, 5) is 16.7. The molecule has 2 aliphatic rings. The van der Waals surface area contributed by atoms with Crippen molar-refractivity contribution in [2.45, 2.75) is 76.7 Å². The highest BCUT2D eigenvalue weighted by atomic mass is 16.5. The van der Waals surface area contributed by atoms with Crippen molar-refractivity contribution in [2.24, 2.45) is 5.92 Å². The fourth-order valence-corrected chi connectivity index (χ4v) is 3.84. The van der Waals surface area contributed by atoms with Crippen molar-refractivity contribution in [2.75, 3.05) is 0 Å². The lowest BCUT2D eigenvalue weighted by Gasteiger charge is -2.27. The molecule has 3 rings (SSSR count). The van der Waals surface area contributed by atoms with Crippen LogP contribution >= 0.6 is 0 Å². The Morgan fingerprint density at radius 1 is 1.29 bits per heavy atom. The monoisotopic (exact) mass is 291 g/mol. The van der Waals surface area contributed by atoms with Gasteiger partial charge in [0.25, 0.3) is 0 Å². The molecule has 1 amide bonds. The predicted octanol–water partition coefficient (Wildman–Crippen LogP) is 3.23. The second kappa shape index (κ2) is 6.16. The minimum Gasteiger partial charge on any atom is -0.343 e. The molecule has 0 aliphatic heterocycles. The molecule has 0 unspecified atom stereocenters. The van der Waals surface area contributed by atoms with E-state index in [1.807, 2.05) is 0 Å². The molecule has 1 aromatic rings. The number of carbonyl (C=O) groups is 1. The minimum atomic E-state index is -0.384. The van der Waals surface area contributed by atoms with Gasteiger partial charge in [-0.1, -0.05) is 43.7 Å². The number of hydrogen-bond donors (Lipinski definition) is 1. The Hall–Kier alpha value is -1.39. The Morgan fingerprint density at radius 2 is 2.00 bits per heavy atom. The SMILES string of the molecule is Cc1nc(C2(NC(=O)CCC3CCCC3)CCCC2)no1. The molecule has 2 aliphatic carbocycles. The van der Waals surface area contributed by atoms with Crippen molar-refractivity contribution >= 4 is 5.91 Å². The van der Waals surface area contributed by atoms with E-state index in [9.17, 15) is 4.79 Å². The first-order chi connectivity index (χ1) is 10.2. The molecule has 1 N–H and O–H groups in total. The maximum Gasteiger partial charge on any atom is 0.223 e. The number of nitrogens with zero attached hydrogens (tertiary/aromatic N) is 2. The molecule has 1 aromatic heterocycles. The Morgan fingerprint density at radius 3 is 2.62 bits per heavy atom. The van der Waals surface area contributed by atoms with Crippen molar-refractivity contribution in [1.82, 2.24) is 15.5 Å². The van der Waals surface area contributed by atoms with Crippen LogP contribution in [0.5, 0.6) is 0 Å². The molecule has 0 spiro atoms. The van der Waals surface area contributed by atoms with Crippen LogP contribution in [0, 0.1) is 12.8 Å². The van der Waals surface area contributed by atoms with Gasteiger partial charge in [0.2, 0.25) is 11.8 Å². The second-order valence-electron chi connectivity index (χ2n) is 6.66. The van der Waals surface area contributed by atoms with Gasteiger partial charge in [0, 0.05) is 13.3 Å². The lowest BCUT2D eigenvalue weighted by atomic mass is 9.95. The molecule has 2 fully saturated rings. The van der Waals surface area contributed by atoms with Gasteiger partial charge in [0.1, 0.15) is 5.54 Å². The lowest BCUT2D eigenvalue weighted by molar-refractivity contribution is -0.123. The summed E-state index contributed by atoms with van der Waals surface area (Å²) in [5.41, 5.74) is -0.384. The Bertz CT molecular complexity index is 485. The van der Waals surface area contributed by atoms with Gasteiger partial charge in [-0.25, -0.2) is 0 Å². The van der Waals surface area contributed by atoms with Crippen molar-refractivity contribution in [3.05, 3.63) is 11.7 Å². The van der Waals surface area contributed by atoms with Gasteiger partial charge in [-0.15, -0.1) is 0 Å². The van der Waals surface area contributed by atoms with Crippen LogP contribution in [0.2, 0.25) is 0 Å². The maximum atomic E-state index is 12.3. The summed E-state index contributed by atoms with van der Waals surface area (Å²) in [6.45, 7) is 1.79. The van der Waals surface area contributed by atoms with E-state index >= 15 is 0 Å². The first-order valence-electron chi connectivity index (χ1n) is 8.30. The molecule has 0 bridgehead atoms. The van der Waals surface area contributed by atoms with E-state index in [0.29, 0.717) is 18.1 Å². The summed E-state index contributed by atoms with van der Waals surface area (Å²) >= 11 is 0. The zero-order valence-corrected chi connectivity index (χ0v) is 12.9. The maximum absolute atomic E-state index is 12.3. The second-order valence-corrected chi connectivity index (χ2v) is 6.66. The molecule has 5 nitrogen and oxygen atoms in total. The van der Waals surface area contributed by atoms with Gasteiger partial charge in [-0.05, 0) is 25.2 Å². The summed E-state index contributed by atoms with van der Waals surface area (Å²) in [5.74, 6) is 2.12. The Kier molecular flexibility index (Phi) is 4.27.